The van der Waals surface area contributed by atoms with E-state index in [0.717, 1.165) is 24.7 Å². The van der Waals surface area contributed by atoms with Crippen LogP contribution in [-0.4, -0.2) is 22.4 Å². The quantitative estimate of drug-likeness (QED) is 0.617. The van der Waals surface area contributed by atoms with E-state index in [4.69, 9.17) is 0 Å². The summed E-state index contributed by atoms with van der Waals surface area (Å²) in [5.41, 5.74) is 0. The molecular formula is C12H20O2. The smallest absolute Gasteiger partial charge is 0.0832 e. The molecule has 0 bridgehead atoms. The molecule has 2 heteroatoms. The first kappa shape index (κ1) is 9.17. The van der Waals surface area contributed by atoms with Crippen LogP contribution in [0.3, 0.4) is 0 Å². The zero-order chi connectivity index (χ0) is 9.71. The summed E-state index contributed by atoms with van der Waals surface area (Å²) in [5.74, 6) is 2.32. The summed E-state index contributed by atoms with van der Waals surface area (Å²) in [5, 5.41) is 20.1. The van der Waals surface area contributed by atoms with Crippen molar-refractivity contribution in [3.63, 3.8) is 0 Å². The first-order valence-corrected chi connectivity index (χ1v) is 6.15. The lowest BCUT2D eigenvalue weighted by Crippen LogP contribution is -2.49. The Hall–Kier alpha value is -0.0800. The van der Waals surface area contributed by atoms with Crippen LogP contribution in [0.25, 0.3) is 0 Å². The van der Waals surface area contributed by atoms with Crippen LogP contribution in [-0.2, 0) is 0 Å². The van der Waals surface area contributed by atoms with Crippen molar-refractivity contribution in [2.45, 2.75) is 50.7 Å². The summed E-state index contributed by atoms with van der Waals surface area (Å²) in [6.45, 7) is 0. The van der Waals surface area contributed by atoms with Gasteiger partial charge < -0.3 is 10.2 Å². The molecule has 0 aromatic heterocycles. The van der Waals surface area contributed by atoms with Crippen molar-refractivity contribution < 1.29 is 10.2 Å². The van der Waals surface area contributed by atoms with Gasteiger partial charge in [-0.05, 0) is 49.4 Å². The Morgan fingerprint density at radius 3 is 1.36 bits per heavy atom. The Kier molecular flexibility index (Phi) is 2.10. The van der Waals surface area contributed by atoms with E-state index in [1.807, 2.05) is 0 Å². The van der Waals surface area contributed by atoms with E-state index in [-0.39, 0.29) is 0 Å². The maximum atomic E-state index is 10.0. The first-order valence-electron chi connectivity index (χ1n) is 6.15. The van der Waals surface area contributed by atoms with Crippen molar-refractivity contribution in [1.82, 2.24) is 0 Å². The van der Waals surface area contributed by atoms with E-state index in [9.17, 15) is 10.2 Å². The number of rotatable bonds is 0. The average molecular weight is 196 g/mol. The topological polar surface area (TPSA) is 40.5 Å². The minimum absolute atomic E-state index is 0.415. The number of fused-ring (bicyclic) bond motifs is 3. The lowest BCUT2D eigenvalue weighted by molar-refractivity contribution is -0.109. The molecule has 80 valence electrons. The molecule has 3 aliphatic carbocycles. The lowest BCUT2D eigenvalue weighted by atomic mass is 9.66. The lowest BCUT2D eigenvalue weighted by Gasteiger charge is -2.43. The summed E-state index contributed by atoms with van der Waals surface area (Å²) in [6, 6.07) is 0. The molecule has 0 unspecified atom stereocenters. The van der Waals surface area contributed by atoms with Crippen molar-refractivity contribution >= 4 is 0 Å². The second kappa shape index (κ2) is 3.21. The fraction of sp³-hybridized carbons (Fsp3) is 1.00. The Morgan fingerprint density at radius 1 is 0.571 bits per heavy atom. The molecule has 14 heavy (non-hydrogen) atoms. The van der Waals surface area contributed by atoms with Gasteiger partial charge in [0.2, 0.25) is 0 Å². The van der Waals surface area contributed by atoms with Crippen molar-refractivity contribution in [2.75, 3.05) is 0 Å². The fourth-order valence-corrected chi connectivity index (χ4v) is 4.45. The van der Waals surface area contributed by atoms with E-state index in [0.29, 0.717) is 11.8 Å². The summed E-state index contributed by atoms with van der Waals surface area (Å²) in [7, 11) is 0. The van der Waals surface area contributed by atoms with E-state index in [1.54, 1.807) is 0 Å². The van der Waals surface area contributed by atoms with Gasteiger partial charge in [-0.3, -0.25) is 0 Å². The van der Waals surface area contributed by atoms with Gasteiger partial charge in [0.25, 0.3) is 0 Å². The number of hydrogen-bond acceptors (Lipinski definition) is 2. The molecule has 3 aliphatic rings. The van der Waals surface area contributed by atoms with Crippen LogP contribution >= 0.6 is 0 Å². The highest BCUT2D eigenvalue weighted by Gasteiger charge is 2.52. The standard InChI is InChI=1S/C12H20O2/c13-11-9-5-1-3-7(9)8-4-2-6-10(8)12(11)14/h7-14H,1-6H2/t7-,8+,9-,10-,11-,12-/m0/s1. The molecule has 2 nitrogen and oxygen atoms in total. The van der Waals surface area contributed by atoms with Crippen LogP contribution in [0.15, 0.2) is 0 Å². The van der Waals surface area contributed by atoms with Gasteiger partial charge in [0, 0.05) is 0 Å². The number of hydrogen-bond donors (Lipinski definition) is 2. The van der Waals surface area contributed by atoms with Gasteiger partial charge in [0.1, 0.15) is 0 Å². The highest BCUT2D eigenvalue weighted by molar-refractivity contribution is 5.01. The number of aliphatic hydroxyl groups excluding tert-OH is 2. The van der Waals surface area contributed by atoms with Gasteiger partial charge in [-0.15, -0.1) is 0 Å². The zero-order valence-corrected chi connectivity index (χ0v) is 8.60. The van der Waals surface area contributed by atoms with Gasteiger partial charge in [0.05, 0.1) is 12.2 Å². The van der Waals surface area contributed by atoms with Crippen LogP contribution < -0.4 is 0 Å². The van der Waals surface area contributed by atoms with Gasteiger partial charge >= 0.3 is 0 Å². The van der Waals surface area contributed by atoms with Crippen LogP contribution in [0.2, 0.25) is 0 Å². The Labute approximate surface area is 85.3 Å². The molecule has 0 amide bonds. The van der Waals surface area contributed by atoms with Crippen molar-refractivity contribution in [3.05, 3.63) is 0 Å². The maximum Gasteiger partial charge on any atom is 0.0832 e. The third-order valence-electron chi connectivity index (χ3n) is 5.03. The predicted molar refractivity (Wildman–Crippen MR) is 53.7 cm³/mol. The Bertz CT molecular complexity index is 204. The molecule has 0 spiro atoms. The fourth-order valence-electron chi connectivity index (χ4n) is 4.45. The largest absolute Gasteiger partial charge is 0.390 e. The van der Waals surface area contributed by atoms with E-state index in [2.05, 4.69) is 0 Å². The molecule has 0 aliphatic heterocycles. The monoisotopic (exact) mass is 196 g/mol. The van der Waals surface area contributed by atoms with Crippen LogP contribution in [0.5, 0.6) is 0 Å². The SMILES string of the molecule is O[C@@H]1[C@@H](O)[C@H]2CCC[C@H]2[C@H]2CCC[C@H]12. The third kappa shape index (κ3) is 1.10. The Morgan fingerprint density at radius 2 is 0.929 bits per heavy atom. The average Bonchev–Trinajstić information content (AvgIpc) is 2.80. The molecule has 2 N–H and O–H groups in total. The van der Waals surface area contributed by atoms with Gasteiger partial charge in [0.15, 0.2) is 0 Å². The highest BCUT2D eigenvalue weighted by Crippen LogP contribution is 2.53. The van der Waals surface area contributed by atoms with Crippen LogP contribution in [0, 0.1) is 23.7 Å². The van der Waals surface area contributed by atoms with Crippen LogP contribution in [0.1, 0.15) is 38.5 Å². The van der Waals surface area contributed by atoms with Crippen molar-refractivity contribution in [3.8, 4) is 0 Å². The molecule has 3 fully saturated rings. The molecule has 0 radical (unpaired) electrons. The molecule has 3 saturated carbocycles. The molecule has 6 atom stereocenters. The Balaban J connectivity index is 1.89. The number of aliphatic hydroxyl groups is 2. The van der Waals surface area contributed by atoms with E-state index >= 15 is 0 Å². The minimum Gasteiger partial charge on any atom is -0.390 e. The second-order valence-electron chi connectivity index (χ2n) is 5.50. The molecule has 0 saturated heterocycles. The summed E-state index contributed by atoms with van der Waals surface area (Å²) in [6.07, 6.45) is 6.59. The van der Waals surface area contributed by atoms with Crippen molar-refractivity contribution in [1.29, 1.82) is 0 Å². The van der Waals surface area contributed by atoms with E-state index in [1.165, 1.54) is 25.7 Å². The van der Waals surface area contributed by atoms with Gasteiger partial charge in [-0.2, -0.15) is 0 Å². The predicted octanol–water partition coefficient (Wildman–Crippen LogP) is 1.55. The molecule has 0 aromatic rings. The van der Waals surface area contributed by atoms with Crippen molar-refractivity contribution in [2.24, 2.45) is 23.7 Å². The molecular weight excluding hydrogens is 176 g/mol. The molecule has 0 aromatic carbocycles. The second-order valence-corrected chi connectivity index (χ2v) is 5.50. The third-order valence-corrected chi connectivity index (χ3v) is 5.03. The van der Waals surface area contributed by atoms with E-state index < -0.39 is 12.2 Å². The van der Waals surface area contributed by atoms with Gasteiger partial charge in [-0.1, -0.05) is 12.8 Å². The zero-order valence-electron chi connectivity index (χ0n) is 8.60. The highest BCUT2D eigenvalue weighted by atomic mass is 16.3. The minimum atomic E-state index is -0.415. The molecule has 3 rings (SSSR count). The first-order chi connectivity index (χ1) is 6.79. The normalized spacial score (nSPS) is 57.0. The van der Waals surface area contributed by atoms with Gasteiger partial charge in [-0.25, -0.2) is 0 Å². The summed E-state index contributed by atoms with van der Waals surface area (Å²) >= 11 is 0. The summed E-state index contributed by atoms with van der Waals surface area (Å²) < 4.78 is 0. The van der Waals surface area contributed by atoms with Crippen LogP contribution in [0.4, 0.5) is 0 Å². The molecule has 0 heterocycles. The summed E-state index contributed by atoms with van der Waals surface area (Å²) in [4.78, 5) is 0. The maximum absolute atomic E-state index is 10.0.